The van der Waals surface area contributed by atoms with Crippen LogP contribution in [0.5, 0.6) is 0 Å². The molecule has 2 nitrogen and oxygen atoms in total. The lowest BCUT2D eigenvalue weighted by atomic mass is 10.1. The Morgan fingerprint density at radius 2 is 1.91 bits per heavy atom. The van der Waals surface area contributed by atoms with Gasteiger partial charge in [0.2, 0.25) is 5.91 Å². The maximum atomic E-state index is 12.2. The summed E-state index contributed by atoms with van der Waals surface area (Å²) >= 11 is 12.0. The number of anilines is 1. The van der Waals surface area contributed by atoms with Crippen LogP contribution in [-0.4, -0.2) is 5.91 Å². The Labute approximate surface area is 141 Å². The zero-order chi connectivity index (χ0) is 16.1. The maximum absolute atomic E-state index is 12.2. The molecule has 0 unspecified atom stereocenters. The number of benzene rings is 2. The second-order valence-corrected chi connectivity index (χ2v) is 6.09. The lowest BCUT2D eigenvalue weighted by Crippen LogP contribution is -2.14. The topological polar surface area (TPSA) is 29.1 Å². The number of carbonyl (C=O) groups is 1. The van der Waals surface area contributed by atoms with Crippen molar-refractivity contribution in [2.75, 3.05) is 5.32 Å². The van der Waals surface area contributed by atoms with Crippen LogP contribution in [0.4, 0.5) is 5.69 Å². The smallest absolute Gasteiger partial charge is 0.224 e. The average Bonchev–Trinajstić information content (AvgIpc) is 2.48. The van der Waals surface area contributed by atoms with Crippen molar-refractivity contribution in [3.05, 3.63) is 63.1 Å². The highest BCUT2D eigenvalue weighted by Crippen LogP contribution is 2.24. The lowest BCUT2D eigenvalue weighted by molar-refractivity contribution is -0.116. The van der Waals surface area contributed by atoms with E-state index in [0.29, 0.717) is 22.9 Å². The maximum Gasteiger partial charge on any atom is 0.224 e. The SMILES string of the molecule is CCc1cccc(C)c1NC(=O)CCc1ccc(Cl)cc1Cl. The number of para-hydroxylation sites is 1. The predicted octanol–water partition coefficient (Wildman–Crippen LogP) is 5.44. The van der Waals surface area contributed by atoms with E-state index in [-0.39, 0.29) is 5.91 Å². The van der Waals surface area contributed by atoms with Gasteiger partial charge in [0.25, 0.3) is 0 Å². The quantitative estimate of drug-likeness (QED) is 0.774. The molecule has 2 aromatic rings. The van der Waals surface area contributed by atoms with Gasteiger partial charge in [-0.2, -0.15) is 0 Å². The van der Waals surface area contributed by atoms with Gasteiger partial charge in [-0.3, -0.25) is 4.79 Å². The molecule has 4 heteroatoms. The molecule has 0 aliphatic rings. The third-order valence-electron chi connectivity index (χ3n) is 3.64. The highest BCUT2D eigenvalue weighted by atomic mass is 35.5. The van der Waals surface area contributed by atoms with Crippen LogP contribution in [0.25, 0.3) is 0 Å². The number of hydrogen-bond donors (Lipinski definition) is 1. The van der Waals surface area contributed by atoms with Gasteiger partial charge in [-0.15, -0.1) is 0 Å². The van der Waals surface area contributed by atoms with Crippen molar-refractivity contribution in [1.29, 1.82) is 0 Å². The standard InChI is InChI=1S/C18H19Cl2NO/c1-3-13-6-4-5-12(2)18(13)21-17(22)10-8-14-7-9-15(19)11-16(14)20/h4-7,9,11H,3,8,10H2,1-2H3,(H,21,22). The third kappa shape index (κ3) is 4.25. The van der Waals surface area contributed by atoms with E-state index >= 15 is 0 Å². The highest BCUT2D eigenvalue weighted by molar-refractivity contribution is 6.35. The van der Waals surface area contributed by atoms with Crippen LogP contribution in [0.15, 0.2) is 36.4 Å². The molecule has 0 saturated carbocycles. The van der Waals surface area contributed by atoms with Gasteiger partial charge in [0.05, 0.1) is 0 Å². The van der Waals surface area contributed by atoms with Crippen molar-refractivity contribution in [1.82, 2.24) is 0 Å². The van der Waals surface area contributed by atoms with Gasteiger partial charge in [-0.25, -0.2) is 0 Å². The Morgan fingerprint density at radius 1 is 1.14 bits per heavy atom. The Balaban J connectivity index is 2.02. The second kappa shape index (κ2) is 7.66. The molecule has 0 aromatic heterocycles. The van der Waals surface area contributed by atoms with E-state index in [4.69, 9.17) is 23.2 Å². The van der Waals surface area contributed by atoms with E-state index in [0.717, 1.165) is 28.8 Å². The molecule has 0 saturated heterocycles. The van der Waals surface area contributed by atoms with E-state index < -0.39 is 0 Å². The van der Waals surface area contributed by atoms with Crippen LogP contribution in [0.2, 0.25) is 10.0 Å². The van der Waals surface area contributed by atoms with E-state index in [9.17, 15) is 4.79 Å². The van der Waals surface area contributed by atoms with Crippen molar-refractivity contribution in [3.63, 3.8) is 0 Å². The summed E-state index contributed by atoms with van der Waals surface area (Å²) in [6.45, 7) is 4.09. The predicted molar refractivity (Wildman–Crippen MR) is 94.0 cm³/mol. The first-order valence-electron chi connectivity index (χ1n) is 7.33. The van der Waals surface area contributed by atoms with E-state index in [2.05, 4.69) is 12.2 Å². The monoisotopic (exact) mass is 335 g/mol. The van der Waals surface area contributed by atoms with E-state index in [1.165, 1.54) is 0 Å². The summed E-state index contributed by atoms with van der Waals surface area (Å²) < 4.78 is 0. The lowest BCUT2D eigenvalue weighted by Gasteiger charge is -2.13. The van der Waals surface area contributed by atoms with E-state index in [1.54, 1.807) is 12.1 Å². The average molecular weight is 336 g/mol. The van der Waals surface area contributed by atoms with Gasteiger partial charge in [-0.05, 0) is 48.6 Å². The van der Waals surface area contributed by atoms with Crippen LogP contribution in [0, 0.1) is 6.92 Å². The summed E-state index contributed by atoms with van der Waals surface area (Å²) in [4.78, 5) is 12.2. The number of amides is 1. The van der Waals surface area contributed by atoms with Crippen LogP contribution in [-0.2, 0) is 17.6 Å². The third-order valence-corrected chi connectivity index (χ3v) is 4.23. The molecule has 0 fully saturated rings. The van der Waals surface area contributed by atoms with Gasteiger partial charge in [-0.1, -0.05) is 54.4 Å². The number of halogens is 2. The number of hydrogen-bond acceptors (Lipinski definition) is 1. The summed E-state index contributed by atoms with van der Waals surface area (Å²) in [6.07, 6.45) is 1.87. The molecule has 2 rings (SSSR count). The Morgan fingerprint density at radius 3 is 2.59 bits per heavy atom. The Hall–Kier alpha value is -1.51. The first-order chi connectivity index (χ1) is 10.5. The number of aryl methyl sites for hydroxylation is 3. The normalized spacial score (nSPS) is 10.5. The summed E-state index contributed by atoms with van der Waals surface area (Å²) in [7, 11) is 0. The minimum absolute atomic E-state index is 0.00461. The zero-order valence-corrected chi connectivity index (χ0v) is 14.3. The largest absolute Gasteiger partial charge is 0.326 e. The molecular formula is C18H19Cl2NO. The molecule has 0 aliphatic heterocycles. The van der Waals surface area contributed by atoms with Gasteiger partial charge in [0.15, 0.2) is 0 Å². The second-order valence-electron chi connectivity index (χ2n) is 5.25. The minimum atomic E-state index is -0.00461. The first kappa shape index (κ1) is 16.9. The number of nitrogens with one attached hydrogen (secondary N) is 1. The fourth-order valence-electron chi connectivity index (χ4n) is 2.38. The summed E-state index contributed by atoms with van der Waals surface area (Å²) in [6, 6.07) is 11.4. The van der Waals surface area contributed by atoms with Crippen LogP contribution >= 0.6 is 23.2 Å². The van der Waals surface area contributed by atoms with Crippen molar-refractivity contribution < 1.29 is 4.79 Å². The molecule has 0 aliphatic carbocycles. The summed E-state index contributed by atoms with van der Waals surface area (Å²) in [5.74, 6) is -0.00461. The molecule has 116 valence electrons. The molecule has 0 spiro atoms. The molecule has 2 aromatic carbocycles. The fourth-order valence-corrected chi connectivity index (χ4v) is 2.88. The molecule has 0 bridgehead atoms. The van der Waals surface area contributed by atoms with Gasteiger partial charge < -0.3 is 5.32 Å². The van der Waals surface area contributed by atoms with Gasteiger partial charge >= 0.3 is 0 Å². The highest BCUT2D eigenvalue weighted by Gasteiger charge is 2.10. The zero-order valence-electron chi connectivity index (χ0n) is 12.7. The Bertz CT molecular complexity index is 683. The molecule has 22 heavy (non-hydrogen) atoms. The molecule has 1 amide bonds. The Kier molecular flexibility index (Phi) is 5.87. The van der Waals surface area contributed by atoms with Crippen LogP contribution in [0.3, 0.4) is 0 Å². The number of carbonyl (C=O) groups excluding carboxylic acids is 1. The molecular weight excluding hydrogens is 317 g/mol. The van der Waals surface area contributed by atoms with E-state index in [1.807, 2.05) is 31.2 Å². The number of rotatable bonds is 5. The molecule has 1 N–H and O–H groups in total. The fraction of sp³-hybridized carbons (Fsp3) is 0.278. The van der Waals surface area contributed by atoms with Gasteiger partial charge in [0, 0.05) is 22.2 Å². The first-order valence-corrected chi connectivity index (χ1v) is 8.09. The van der Waals surface area contributed by atoms with Crippen molar-refractivity contribution in [3.8, 4) is 0 Å². The molecule has 0 heterocycles. The minimum Gasteiger partial charge on any atom is -0.326 e. The van der Waals surface area contributed by atoms with Gasteiger partial charge in [0.1, 0.15) is 0 Å². The molecule has 0 radical (unpaired) electrons. The van der Waals surface area contributed by atoms with Crippen molar-refractivity contribution >= 4 is 34.8 Å². The summed E-state index contributed by atoms with van der Waals surface area (Å²) in [5, 5.41) is 4.23. The molecule has 0 atom stereocenters. The van der Waals surface area contributed by atoms with Crippen molar-refractivity contribution in [2.45, 2.75) is 33.1 Å². The summed E-state index contributed by atoms with van der Waals surface area (Å²) in [5.41, 5.74) is 4.09. The van der Waals surface area contributed by atoms with Crippen LogP contribution in [0.1, 0.15) is 30.0 Å². The van der Waals surface area contributed by atoms with Crippen molar-refractivity contribution in [2.24, 2.45) is 0 Å². The van der Waals surface area contributed by atoms with Crippen LogP contribution < -0.4 is 5.32 Å².